The molecule has 0 bridgehead atoms. The first kappa shape index (κ1) is 16.9. The number of benzene rings is 1. The molecule has 2 N–H and O–H groups in total. The van der Waals surface area contributed by atoms with Crippen LogP contribution >= 0.6 is 0 Å². The van der Waals surface area contributed by atoms with Gasteiger partial charge in [-0.1, -0.05) is 12.1 Å². The van der Waals surface area contributed by atoms with E-state index in [-0.39, 0.29) is 6.04 Å². The van der Waals surface area contributed by atoms with Gasteiger partial charge in [-0.15, -0.1) is 0 Å². The van der Waals surface area contributed by atoms with Gasteiger partial charge in [0.15, 0.2) is 0 Å². The maximum atomic E-state index is 5.82. The van der Waals surface area contributed by atoms with Crippen molar-refractivity contribution in [3.63, 3.8) is 0 Å². The molecule has 1 atom stereocenters. The third-order valence-corrected chi connectivity index (χ3v) is 2.68. The van der Waals surface area contributed by atoms with Crippen molar-refractivity contribution in [2.24, 2.45) is 5.73 Å². The van der Waals surface area contributed by atoms with Crippen LogP contribution in [-0.2, 0) is 14.2 Å². The highest BCUT2D eigenvalue weighted by molar-refractivity contribution is 5.30. The molecule has 0 aliphatic rings. The molecule has 0 heterocycles. The van der Waals surface area contributed by atoms with Gasteiger partial charge in [-0.3, -0.25) is 0 Å². The maximum Gasteiger partial charge on any atom is 0.119 e. The Labute approximate surface area is 121 Å². The highest BCUT2D eigenvalue weighted by Gasteiger charge is 2.01. The lowest BCUT2D eigenvalue weighted by Gasteiger charge is -2.10. The van der Waals surface area contributed by atoms with Crippen molar-refractivity contribution in [2.75, 3.05) is 46.8 Å². The van der Waals surface area contributed by atoms with Gasteiger partial charge in [-0.05, 0) is 24.6 Å². The third kappa shape index (κ3) is 7.45. The average Bonchev–Trinajstić information content (AvgIpc) is 2.46. The molecule has 0 spiro atoms. The second kappa shape index (κ2) is 10.6. The highest BCUT2D eigenvalue weighted by atomic mass is 16.6. The molecule has 20 heavy (non-hydrogen) atoms. The van der Waals surface area contributed by atoms with Crippen molar-refractivity contribution in [1.82, 2.24) is 0 Å². The first-order chi connectivity index (χ1) is 9.74. The molecule has 0 aromatic heterocycles. The number of hydrogen-bond donors (Lipinski definition) is 1. The van der Waals surface area contributed by atoms with Crippen LogP contribution in [0.25, 0.3) is 0 Å². The minimum atomic E-state index is 0.0130. The summed E-state index contributed by atoms with van der Waals surface area (Å²) in [5.41, 5.74) is 6.89. The molecule has 0 fully saturated rings. The Bertz CT molecular complexity index is 357. The van der Waals surface area contributed by atoms with Gasteiger partial charge in [0, 0.05) is 13.2 Å². The van der Waals surface area contributed by atoms with Crippen LogP contribution in [0.5, 0.6) is 5.75 Å². The summed E-state index contributed by atoms with van der Waals surface area (Å²) in [5.74, 6) is 0.819. The van der Waals surface area contributed by atoms with E-state index in [9.17, 15) is 0 Å². The van der Waals surface area contributed by atoms with Gasteiger partial charge < -0.3 is 24.7 Å². The van der Waals surface area contributed by atoms with Crippen LogP contribution in [0.1, 0.15) is 18.5 Å². The average molecular weight is 283 g/mol. The van der Waals surface area contributed by atoms with Crippen molar-refractivity contribution in [3.05, 3.63) is 29.8 Å². The Morgan fingerprint density at radius 3 is 2.30 bits per heavy atom. The van der Waals surface area contributed by atoms with Gasteiger partial charge in [0.1, 0.15) is 12.4 Å². The zero-order valence-corrected chi connectivity index (χ0v) is 12.3. The van der Waals surface area contributed by atoms with Crippen LogP contribution in [-0.4, -0.2) is 46.8 Å². The van der Waals surface area contributed by atoms with Crippen LogP contribution in [0.3, 0.4) is 0 Å². The molecule has 0 saturated heterocycles. The van der Waals surface area contributed by atoms with E-state index in [1.807, 2.05) is 31.2 Å². The van der Waals surface area contributed by atoms with Crippen molar-refractivity contribution in [1.29, 1.82) is 0 Å². The van der Waals surface area contributed by atoms with Crippen LogP contribution in [0.2, 0.25) is 0 Å². The lowest BCUT2D eigenvalue weighted by molar-refractivity contribution is 0.0179. The fourth-order valence-electron chi connectivity index (χ4n) is 1.57. The first-order valence-corrected chi connectivity index (χ1v) is 6.87. The second-order valence-electron chi connectivity index (χ2n) is 4.43. The SMILES string of the molecule is COCCOCCOCCOc1cccc([C@H](C)N)c1. The molecule has 5 heteroatoms. The molecule has 0 saturated carbocycles. The topological polar surface area (TPSA) is 62.9 Å². The summed E-state index contributed by atoms with van der Waals surface area (Å²) in [6.45, 7) is 5.35. The fourth-order valence-corrected chi connectivity index (χ4v) is 1.57. The molecule has 1 aromatic rings. The number of ether oxygens (including phenoxy) is 4. The minimum absolute atomic E-state index is 0.0130. The first-order valence-electron chi connectivity index (χ1n) is 6.87. The number of nitrogens with two attached hydrogens (primary N) is 1. The van der Waals surface area contributed by atoms with Crippen LogP contribution < -0.4 is 10.5 Å². The lowest BCUT2D eigenvalue weighted by Crippen LogP contribution is -2.12. The normalized spacial score (nSPS) is 12.3. The molecule has 0 aliphatic heterocycles. The lowest BCUT2D eigenvalue weighted by atomic mass is 10.1. The van der Waals surface area contributed by atoms with Crippen molar-refractivity contribution in [3.8, 4) is 5.75 Å². The summed E-state index contributed by atoms with van der Waals surface area (Å²) in [4.78, 5) is 0. The Balaban J connectivity index is 2.05. The quantitative estimate of drug-likeness (QED) is 0.627. The van der Waals surface area contributed by atoms with Crippen molar-refractivity contribution >= 4 is 0 Å². The van der Waals surface area contributed by atoms with Crippen LogP contribution in [0.4, 0.5) is 0 Å². The summed E-state index contributed by atoms with van der Waals surface area (Å²) in [6.07, 6.45) is 0. The van der Waals surface area contributed by atoms with Gasteiger partial charge in [0.25, 0.3) is 0 Å². The van der Waals surface area contributed by atoms with E-state index >= 15 is 0 Å². The zero-order valence-electron chi connectivity index (χ0n) is 12.3. The molecule has 0 unspecified atom stereocenters. The predicted octanol–water partition coefficient (Wildman–Crippen LogP) is 1.76. The summed E-state index contributed by atoms with van der Waals surface area (Å²) in [5, 5.41) is 0. The highest BCUT2D eigenvalue weighted by Crippen LogP contribution is 2.17. The molecule has 0 amide bonds. The summed E-state index contributed by atoms with van der Waals surface area (Å²) in [6, 6.07) is 7.82. The number of hydrogen-bond acceptors (Lipinski definition) is 5. The van der Waals surface area contributed by atoms with Crippen molar-refractivity contribution < 1.29 is 18.9 Å². The minimum Gasteiger partial charge on any atom is -0.491 e. The second-order valence-corrected chi connectivity index (χ2v) is 4.43. The molecule has 5 nitrogen and oxygen atoms in total. The summed E-state index contributed by atoms with van der Waals surface area (Å²) in [7, 11) is 1.65. The number of rotatable bonds is 11. The van der Waals surface area contributed by atoms with Gasteiger partial charge in [-0.2, -0.15) is 0 Å². The summed E-state index contributed by atoms with van der Waals surface area (Å²) < 4.78 is 21.1. The van der Waals surface area contributed by atoms with E-state index in [1.165, 1.54) is 0 Å². The smallest absolute Gasteiger partial charge is 0.119 e. The van der Waals surface area contributed by atoms with E-state index in [1.54, 1.807) is 7.11 Å². The Morgan fingerprint density at radius 2 is 1.65 bits per heavy atom. The molecule has 114 valence electrons. The van der Waals surface area contributed by atoms with E-state index < -0.39 is 0 Å². The Kier molecular flexibility index (Phi) is 8.98. The Morgan fingerprint density at radius 1 is 1.00 bits per heavy atom. The van der Waals surface area contributed by atoms with E-state index in [0.29, 0.717) is 39.6 Å². The zero-order chi connectivity index (χ0) is 14.6. The number of methoxy groups -OCH3 is 1. The third-order valence-electron chi connectivity index (χ3n) is 2.68. The van der Waals surface area contributed by atoms with Gasteiger partial charge in [0.05, 0.1) is 33.0 Å². The largest absolute Gasteiger partial charge is 0.491 e. The van der Waals surface area contributed by atoms with E-state index in [4.69, 9.17) is 24.7 Å². The van der Waals surface area contributed by atoms with Crippen LogP contribution in [0.15, 0.2) is 24.3 Å². The molecule has 0 radical (unpaired) electrons. The Hall–Kier alpha value is -1.14. The molecule has 0 aliphatic carbocycles. The monoisotopic (exact) mass is 283 g/mol. The fraction of sp³-hybridized carbons (Fsp3) is 0.600. The molecular formula is C15H25NO4. The van der Waals surface area contributed by atoms with Crippen LogP contribution in [0, 0.1) is 0 Å². The maximum absolute atomic E-state index is 5.82. The molecular weight excluding hydrogens is 258 g/mol. The standard InChI is InChI=1S/C15H25NO4/c1-13(16)14-4-3-5-15(12-14)20-11-10-19-9-8-18-7-6-17-2/h3-5,12-13H,6-11,16H2,1-2H3/t13-/m0/s1. The van der Waals surface area contributed by atoms with Crippen molar-refractivity contribution in [2.45, 2.75) is 13.0 Å². The predicted molar refractivity (Wildman–Crippen MR) is 78.1 cm³/mol. The molecule has 1 aromatic carbocycles. The van der Waals surface area contributed by atoms with E-state index in [0.717, 1.165) is 11.3 Å². The van der Waals surface area contributed by atoms with E-state index in [2.05, 4.69) is 0 Å². The van der Waals surface area contributed by atoms with Gasteiger partial charge >= 0.3 is 0 Å². The summed E-state index contributed by atoms with van der Waals surface area (Å²) >= 11 is 0. The molecule has 1 rings (SSSR count). The van der Waals surface area contributed by atoms with Gasteiger partial charge in [0.2, 0.25) is 0 Å². The van der Waals surface area contributed by atoms with Gasteiger partial charge in [-0.25, -0.2) is 0 Å².